The Kier molecular flexibility index (Phi) is 7.01. The Bertz CT molecular complexity index is 802. The van der Waals surface area contributed by atoms with Gasteiger partial charge >= 0.3 is 6.09 Å². The molecular formula is C19H19BrN2O4. The first-order chi connectivity index (χ1) is 12.4. The Hall–Kier alpha value is -2.56. The van der Waals surface area contributed by atoms with Crippen LogP contribution in [0.4, 0.5) is 10.5 Å². The highest BCUT2D eigenvalue weighted by molar-refractivity contribution is 9.10. The molecule has 0 unspecified atom stereocenters. The monoisotopic (exact) mass is 418 g/mol. The minimum atomic E-state index is -0.738. The third-order valence-electron chi connectivity index (χ3n) is 3.89. The van der Waals surface area contributed by atoms with Gasteiger partial charge in [-0.2, -0.15) is 5.26 Å². The summed E-state index contributed by atoms with van der Waals surface area (Å²) in [6.45, 7) is 1.77. The maximum absolute atomic E-state index is 12.3. The van der Waals surface area contributed by atoms with Crippen molar-refractivity contribution in [2.75, 3.05) is 11.9 Å². The van der Waals surface area contributed by atoms with Crippen LogP contribution < -0.4 is 5.32 Å². The molecule has 0 aliphatic heterocycles. The van der Waals surface area contributed by atoms with Gasteiger partial charge < -0.3 is 14.9 Å². The first-order valence-corrected chi connectivity index (χ1v) is 8.81. The Morgan fingerprint density at radius 3 is 2.62 bits per heavy atom. The maximum Gasteiger partial charge on any atom is 0.412 e. The molecule has 0 fully saturated rings. The summed E-state index contributed by atoms with van der Waals surface area (Å²) in [7, 11) is 0. The van der Waals surface area contributed by atoms with Crippen LogP contribution in [0.2, 0.25) is 0 Å². The highest BCUT2D eigenvalue weighted by Crippen LogP contribution is 2.36. The lowest BCUT2D eigenvalue weighted by Crippen LogP contribution is -2.22. The van der Waals surface area contributed by atoms with E-state index in [1.54, 1.807) is 36.4 Å². The van der Waals surface area contributed by atoms with E-state index in [9.17, 15) is 15.0 Å². The molecule has 2 rings (SSSR count). The SMILES string of the molecule is C[C@H](CCO)[C@H](OC(=O)Nc1ccc(C#N)cc1)c1cc(Br)ccc1O. The van der Waals surface area contributed by atoms with Crippen molar-refractivity contribution in [3.8, 4) is 11.8 Å². The van der Waals surface area contributed by atoms with Crippen LogP contribution in [0.5, 0.6) is 5.75 Å². The highest BCUT2D eigenvalue weighted by Gasteiger charge is 2.26. The van der Waals surface area contributed by atoms with E-state index in [1.807, 2.05) is 13.0 Å². The number of ether oxygens (including phenoxy) is 1. The zero-order valence-corrected chi connectivity index (χ0v) is 15.7. The number of carbonyl (C=O) groups is 1. The molecule has 26 heavy (non-hydrogen) atoms. The second kappa shape index (κ2) is 9.22. The van der Waals surface area contributed by atoms with Crippen LogP contribution in [0.1, 0.15) is 30.6 Å². The van der Waals surface area contributed by atoms with Crippen LogP contribution in [-0.4, -0.2) is 22.9 Å². The third kappa shape index (κ3) is 5.22. The Labute approximate surface area is 160 Å². The predicted octanol–water partition coefficient (Wildman–Crippen LogP) is 4.33. The summed E-state index contributed by atoms with van der Waals surface area (Å²) in [6, 6.07) is 13.3. The lowest BCUT2D eigenvalue weighted by Gasteiger charge is -2.25. The fraction of sp³-hybridized carbons (Fsp3) is 0.263. The van der Waals surface area contributed by atoms with E-state index in [4.69, 9.17) is 10.00 Å². The number of aliphatic hydroxyl groups excluding tert-OH is 1. The first-order valence-electron chi connectivity index (χ1n) is 8.01. The fourth-order valence-electron chi connectivity index (χ4n) is 2.49. The Balaban J connectivity index is 2.18. The topological polar surface area (TPSA) is 103 Å². The normalized spacial score (nSPS) is 12.7. The van der Waals surface area contributed by atoms with Gasteiger partial charge in [0.05, 0.1) is 11.6 Å². The zero-order valence-electron chi connectivity index (χ0n) is 14.1. The second-order valence-corrected chi connectivity index (χ2v) is 6.75. The van der Waals surface area contributed by atoms with Gasteiger partial charge in [0.2, 0.25) is 0 Å². The molecule has 6 nitrogen and oxygen atoms in total. The minimum Gasteiger partial charge on any atom is -0.508 e. The molecular weight excluding hydrogens is 400 g/mol. The third-order valence-corrected chi connectivity index (χ3v) is 4.39. The van der Waals surface area contributed by atoms with Gasteiger partial charge in [-0.25, -0.2) is 4.79 Å². The number of nitriles is 1. The fourth-order valence-corrected chi connectivity index (χ4v) is 2.86. The molecule has 1 amide bonds. The van der Waals surface area contributed by atoms with Crippen LogP contribution in [0.3, 0.4) is 0 Å². The maximum atomic E-state index is 12.3. The summed E-state index contributed by atoms with van der Waals surface area (Å²) in [5, 5.41) is 30.8. The molecule has 0 aromatic heterocycles. The van der Waals surface area contributed by atoms with E-state index in [0.29, 0.717) is 23.2 Å². The smallest absolute Gasteiger partial charge is 0.412 e. The lowest BCUT2D eigenvalue weighted by molar-refractivity contribution is 0.0652. The molecule has 0 saturated heterocycles. The largest absolute Gasteiger partial charge is 0.508 e. The van der Waals surface area contributed by atoms with Crippen molar-refractivity contribution in [1.82, 2.24) is 0 Å². The zero-order chi connectivity index (χ0) is 19.1. The number of halogens is 1. The van der Waals surface area contributed by atoms with Crippen molar-refractivity contribution < 1.29 is 19.7 Å². The average molecular weight is 419 g/mol. The predicted molar refractivity (Wildman–Crippen MR) is 101 cm³/mol. The number of phenolic OH excluding ortho intramolecular Hbond substituents is 1. The van der Waals surface area contributed by atoms with Gasteiger partial charge in [-0.1, -0.05) is 22.9 Å². The molecule has 0 aliphatic carbocycles. The van der Waals surface area contributed by atoms with Gasteiger partial charge in [0.1, 0.15) is 11.9 Å². The standard InChI is InChI=1S/C19H19BrN2O4/c1-12(8-9-23)18(16-10-14(20)4-7-17(16)24)26-19(25)22-15-5-2-13(11-21)3-6-15/h2-7,10,12,18,23-24H,8-9H2,1H3,(H,22,25)/t12-,18+/m1/s1. The molecule has 2 aromatic rings. The molecule has 2 aromatic carbocycles. The number of nitrogens with zero attached hydrogens (tertiary/aromatic N) is 1. The molecule has 0 heterocycles. The molecule has 2 atom stereocenters. The summed E-state index contributed by atoms with van der Waals surface area (Å²) in [5.41, 5.74) is 1.42. The van der Waals surface area contributed by atoms with Gasteiger partial charge in [-0.05, 0) is 54.8 Å². The van der Waals surface area contributed by atoms with E-state index >= 15 is 0 Å². The summed E-state index contributed by atoms with van der Waals surface area (Å²) < 4.78 is 6.28. The summed E-state index contributed by atoms with van der Waals surface area (Å²) in [5.74, 6) is -0.207. The Morgan fingerprint density at radius 2 is 2.00 bits per heavy atom. The number of hydrogen-bond donors (Lipinski definition) is 3. The first kappa shape index (κ1) is 19.8. The van der Waals surface area contributed by atoms with Gasteiger partial charge in [0, 0.05) is 22.3 Å². The second-order valence-electron chi connectivity index (χ2n) is 5.83. The number of aromatic hydroxyl groups is 1. The number of phenols is 1. The Morgan fingerprint density at radius 1 is 1.31 bits per heavy atom. The molecule has 3 N–H and O–H groups in total. The van der Waals surface area contributed by atoms with E-state index in [-0.39, 0.29) is 18.3 Å². The molecule has 0 saturated carbocycles. The van der Waals surface area contributed by atoms with Crippen molar-refractivity contribution in [3.63, 3.8) is 0 Å². The number of benzene rings is 2. The quantitative estimate of drug-likeness (QED) is 0.647. The summed E-state index contributed by atoms with van der Waals surface area (Å²) >= 11 is 3.34. The van der Waals surface area contributed by atoms with Gasteiger partial charge in [0.15, 0.2) is 0 Å². The van der Waals surface area contributed by atoms with Crippen LogP contribution in [0, 0.1) is 17.2 Å². The minimum absolute atomic E-state index is 0.00848. The van der Waals surface area contributed by atoms with E-state index in [2.05, 4.69) is 21.2 Å². The molecule has 0 bridgehead atoms. The van der Waals surface area contributed by atoms with Gasteiger partial charge in [-0.3, -0.25) is 5.32 Å². The van der Waals surface area contributed by atoms with E-state index < -0.39 is 12.2 Å². The number of carbonyl (C=O) groups excluding carboxylic acids is 1. The number of rotatable bonds is 6. The van der Waals surface area contributed by atoms with Gasteiger partial charge in [-0.15, -0.1) is 0 Å². The molecule has 7 heteroatoms. The number of amides is 1. The number of anilines is 1. The highest BCUT2D eigenvalue weighted by atomic mass is 79.9. The molecule has 136 valence electrons. The van der Waals surface area contributed by atoms with Crippen molar-refractivity contribution >= 4 is 27.7 Å². The van der Waals surface area contributed by atoms with Crippen LogP contribution >= 0.6 is 15.9 Å². The van der Waals surface area contributed by atoms with Crippen LogP contribution in [0.15, 0.2) is 46.9 Å². The molecule has 0 spiro atoms. The van der Waals surface area contributed by atoms with Gasteiger partial charge in [0.25, 0.3) is 0 Å². The number of nitrogens with one attached hydrogen (secondary N) is 1. The van der Waals surface area contributed by atoms with Crippen LogP contribution in [0.25, 0.3) is 0 Å². The van der Waals surface area contributed by atoms with E-state index in [1.165, 1.54) is 6.07 Å². The van der Waals surface area contributed by atoms with Crippen LogP contribution in [-0.2, 0) is 4.74 Å². The van der Waals surface area contributed by atoms with Crippen molar-refractivity contribution in [1.29, 1.82) is 5.26 Å². The van der Waals surface area contributed by atoms with Crippen molar-refractivity contribution in [2.24, 2.45) is 5.92 Å². The molecule has 0 aliphatic rings. The average Bonchev–Trinajstić information content (AvgIpc) is 2.62. The lowest BCUT2D eigenvalue weighted by atomic mass is 9.94. The van der Waals surface area contributed by atoms with E-state index in [0.717, 1.165) is 4.47 Å². The van der Waals surface area contributed by atoms with Crippen molar-refractivity contribution in [2.45, 2.75) is 19.4 Å². The summed E-state index contributed by atoms with van der Waals surface area (Å²) in [6.07, 6.45) is -1.03. The molecule has 0 radical (unpaired) electrons. The number of hydrogen-bond acceptors (Lipinski definition) is 5. The van der Waals surface area contributed by atoms with Crippen molar-refractivity contribution in [3.05, 3.63) is 58.1 Å². The summed E-state index contributed by atoms with van der Waals surface area (Å²) in [4.78, 5) is 12.3. The number of aliphatic hydroxyl groups is 1.